The van der Waals surface area contributed by atoms with Gasteiger partial charge in [0.1, 0.15) is 0 Å². The number of nitrogens with one attached hydrogen (secondary N) is 1. The molecular formula is C15H19NO5S. The molecule has 1 aromatic carbocycles. The molecule has 0 aliphatic heterocycles. The third kappa shape index (κ3) is 4.07. The summed E-state index contributed by atoms with van der Waals surface area (Å²) >= 11 is 0. The van der Waals surface area contributed by atoms with Crippen LogP contribution in [0.1, 0.15) is 35.7 Å². The van der Waals surface area contributed by atoms with Crippen molar-refractivity contribution in [3.05, 3.63) is 29.3 Å². The van der Waals surface area contributed by atoms with E-state index in [9.17, 15) is 18.0 Å². The molecule has 1 aromatic rings. The van der Waals surface area contributed by atoms with Gasteiger partial charge >= 0.3 is 5.97 Å². The van der Waals surface area contributed by atoms with Gasteiger partial charge in [-0.05, 0) is 44.4 Å². The lowest BCUT2D eigenvalue weighted by Gasteiger charge is -2.14. The van der Waals surface area contributed by atoms with Crippen molar-refractivity contribution in [1.82, 2.24) is 5.32 Å². The minimum absolute atomic E-state index is 0.0418. The zero-order valence-corrected chi connectivity index (χ0v) is 13.6. The van der Waals surface area contributed by atoms with E-state index in [2.05, 4.69) is 5.32 Å². The molecule has 0 aromatic heterocycles. The summed E-state index contributed by atoms with van der Waals surface area (Å²) in [6, 6.07) is 4.44. The van der Waals surface area contributed by atoms with Gasteiger partial charge in [0.2, 0.25) is 0 Å². The van der Waals surface area contributed by atoms with Crippen molar-refractivity contribution in [3.8, 4) is 0 Å². The lowest BCUT2D eigenvalue weighted by Crippen LogP contribution is -2.37. The Hall–Kier alpha value is -1.89. The van der Waals surface area contributed by atoms with Gasteiger partial charge in [0.05, 0.1) is 10.5 Å². The number of carbonyl (C=O) groups excluding carboxylic acids is 2. The molecule has 1 atom stereocenters. The van der Waals surface area contributed by atoms with E-state index < -0.39 is 21.9 Å². The lowest BCUT2D eigenvalue weighted by atomic mass is 10.1. The number of esters is 1. The second kappa shape index (κ2) is 6.08. The molecule has 0 bridgehead atoms. The van der Waals surface area contributed by atoms with Crippen LogP contribution in [0.2, 0.25) is 0 Å². The fraction of sp³-hybridized carbons (Fsp3) is 0.467. The van der Waals surface area contributed by atoms with Gasteiger partial charge in [-0.25, -0.2) is 13.2 Å². The minimum atomic E-state index is -3.42. The van der Waals surface area contributed by atoms with Crippen LogP contribution >= 0.6 is 0 Å². The smallest absolute Gasteiger partial charge is 0.339 e. The largest absolute Gasteiger partial charge is 0.449 e. The molecular weight excluding hydrogens is 306 g/mol. The Morgan fingerprint density at radius 2 is 1.95 bits per heavy atom. The number of rotatable bonds is 5. The molecule has 1 saturated carbocycles. The van der Waals surface area contributed by atoms with E-state index in [1.165, 1.54) is 19.1 Å². The average Bonchev–Trinajstić information content (AvgIpc) is 3.21. The predicted octanol–water partition coefficient (Wildman–Crippen LogP) is 1.22. The predicted molar refractivity (Wildman–Crippen MR) is 80.3 cm³/mol. The van der Waals surface area contributed by atoms with E-state index in [4.69, 9.17) is 4.74 Å². The van der Waals surface area contributed by atoms with Gasteiger partial charge in [0.25, 0.3) is 5.91 Å². The second-order valence-electron chi connectivity index (χ2n) is 5.58. The number of ether oxygens (including phenoxy) is 1. The SMILES string of the molecule is Cc1ccc(S(C)(=O)=O)cc1C(=O)O[C@@H](C)C(=O)NC1CC1. The van der Waals surface area contributed by atoms with E-state index in [0.29, 0.717) is 5.56 Å². The first-order chi connectivity index (χ1) is 10.2. The summed E-state index contributed by atoms with van der Waals surface area (Å²) in [7, 11) is -3.42. The van der Waals surface area contributed by atoms with Gasteiger partial charge in [-0.2, -0.15) is 0 Å². The third-order valence-corrected chi connectivity index (χ3v) is 4.54. The normalized spacial score (nSPS) is 16.0. The highest BCUT2D eigenvalue weighted by Crippen LogP contribution is 2.20. The van der Waals surface area contributed by atoms with Crippen molar-refractivity contribution < 1.29 is 22.7 Å². The van der Waals surface area contributed by atoms with Crippen LogP contribution in [-0.2, 0) is 19.4 Å². The van der Waals surface area contributed by atoms with Crippen LogP contribution in [-0.4, -0.2) is 38.7 Å². The molecule has 120 valence electrons. The number of hydrogen-bond acceptors (Lipinski definition) is 5. The van der Waals surface area contributed by atoms with Gasteiger partial charge in [-0.3, -0.25) is 4.79 Å². The highest BCUT2D eigenvalue weighted by Gasteiger charge is 2.27. The van der Waals surface area contributed by atoms with Crippen molar-refractivity contribution in [2.45, 2.75) is 43.7 Å². The van der Waals surface area contributed by atoms with E-state index >= 15 is 0 Å². The molecule has 0 unspecified atom stereocenters. The Balaban J connectivity index is 2.12. The molecule has 0 radical (unpaired) electrons. The number of carbonyl (C=O) groups is 2. The van der Waals surface area contributed by atoms with Crippen LogP contribution in [0.15, 0.2) is 23.1 Å². The van der Waals surface area contributed by atoms with Crippen molar-refractivity contribution >= 4 is 21.7 Å². The van der Waals surface area contributed by atoms with E-state index in [0.717, 1.165) is 19.1 Å². The van der Waals surface area contributed by atoms with Crippen molar-refractivity contribution in [3.63, 3.8) is 0 Å². The number of aryl methyl sites for hydroxylation is 1. The topological polar surface area (TPSA) is 89.5 Å². The van der Waals surface area contributed by atoms with E-state index in [-0.39, 0.29) is 22.4 Å². The second-order valence-corrected chi connectivity index (χ2v) is 7.60. The molecule has 0 saturated heterocycles. The standard InChI is InChI=1S/C15H19NO5S/c1-9-4-7-12(22(3,19)20)8-13(9)15(18)21-10(2)14(17)16-11-5-6-11/h4,7-8,10-11H,5-6H2,1-3H3,(H,16,17)/t10-/m0/s1. The molecule has 6 nitrogen and oxygen atoms in total. The summed E-state index contributed by atoms with van der Waals surface area (Å²) in [5.41, 5.74) is 0.737. The first kappa shape index (κ1) is 16.5. The van der Waals surface area contributed by atoms with Gasteiger partial charge < -0.3 is 10.1 Å². The summed E-state index contributed by atoms with van der Waals surface area (Å²) in [6.07, 6.45) is 2.04. The van der Waals surface area contributed by atoms with Crippen molar-refractivity contribution in [2.24, 2.45) is 0 Å². The number of benzene rings is 1. The Morgan fingerprint density at radius 1 is 1.32 bits per heavy atom. The van der Waals surface area contributed by atoms with Crippen molar-refractivity contribution in [1.29, 1.82) is 0 Å². The molecule has 22 heavy (non-hydrogen) atoms. The molecule has 1 aliphatic rings. The average molecular weight is 325 g/mol. The zero-order chi connectivity index (χ0) is 16.5. The number of hydrogen-bond donors (Lipinski definition) is 1. The maximum absolute atomic E-state index is 12.2. The fourth-order valence-corrected chi connectivity index (χ4v) is 2.52. The Morgan fingerprint density at radius 3 is 2.50 bits per heavy atom. The van der Waals surface area contributed by atoms with E-state index in [1.807, 2.05) is 0 Å². The highest BCUT2D eigenvalue weighted by atomic mass is 32.2. The lowest BCUT2D eigenvalue weighted by molar-refractivity contribution is -0.129. The van der Waals surface area contributed by atoms with Gasteiger partial charge in [0.15, 0.2) is 15.9 Å². The molecule has 2 rings (SSSR count). The summed E-state index contributed by atoms with van der Waals surface area (Å²) < 4.78 is 28.3. The summed E-state index contributed by atoms with van der Waals surface area (Å²) in [5, 5.41) is 2.75. The molecule has 1 N–H and O–H groups in total. The van der Waals surface area contributed by atoms with Crippen LogP contribution < -0.4 is 5.32 Å². The van der Waals surface area contributed by atoms with Gasteiger partial charge in [-0.15, -0.1) is 0 Å². The van der Waals surface area contributed by atoms with Gasteiger partial charge in [-0.1, -0.05) is 6.07 Å². The quantitative estimate of drug-likeness (QED) is 0.822. The molecule has 7 heteroatoms. The first-order valence-electron chi connectivity index (χ1n) is 7.00. The summed E-state index contributed by atoms with van der Waals surface area (Å²) in [5.74, 6) is -1.05. The molecule has 1 aliphatic carbocycles. The van der Waals surface area contributed by atoms with Crippen LogP contribution in [0.3, 0.4) is 0 Å². The summed E-state index contributed by atoms with van der Waals surface area (Å²) in [4.78, 5) is 24.0. The van der Waals surface area contributed by atoms with Crippen molar-refractivity contribution in [2.75, 3.05) is 6.26 Å². The summed E-state index contributed by atoms with van der Waals surface area (Å²) in [6.45, 7) is 3.17. The number of sulfone groups is 1. The van der Waals surface area contributed by atoms with Crippen LogP contribution in [0.4, 0.5) is 0 Å². The minimum Gasteiger partial charge on any atom is -0.449 e. The Labute approximate surface area is 129 Å². The fourth-order valence-electron chi connectivity index (χ4n) is 1.88. The molecule has 1 fully saturated rings. The van der Waals surface area contributed by atoms with Crippen LogP contribution in [0, 0.1) is 6.92 Å². The Kier molecular flexibility index (Phi) is 4.55. The van der Waals surface area contributed by atoms with Crippen LogP contribution in [0.25, 0.3) is 0 Å². The monoisotopic (exact) mass is 325 g/mol. The van der Waals surface area contributed by atoms with Crippen LogP contribution in [0.5, 0.6) is 0 Å². The third-order valence-electron chi connectivity index (χ3n) is 3.43. The molecule has 0 spiro atoms. The molecule has 1 amide bonds. The molecule has 0 heterocycles. The zero-order valence-electron chi connectivity index (χ0n) is 12.8. The van der Waals surface area contributed by atoms with E-state index in [1.54, 1.807) is 13.0 Å². The Bertz CT molecular complexity index is 707. The maximum atomic E-state index is 12.2. The first-order valence-corrected chi connectivity index (χ1v) is 8.89. The highest BCUT2D eigenvalue weighted by molar-refractivity contribution is 7.90. The maximum Gasteiger partial charge on any atom is 0.339 e. The number of amides is 1. The van der Waals surface area contributed by atoms with Gasteiger partial charge in [0, 0.05) is 12.3 Å².